The van der Waals surface area contributed by atoms with E-state index in [9.17, 15) is 9.59 Å². The van der Waals surface area contributed by atoms with E-state index in [-0.39, 0.29) is 17.7 Å². The van der Waals surface area contributed by atoms with Gasteiger partial charge >= 0.3 is 0 Å². The molecule has 23 heavy (non-hydrogen) atoms. The Morgan fingerprint density at radius 1 is 1.13 bits per heavy atom. The van der Waals surface area contributed by atoms with Gasteiger partial charge < -0.3 is 15.1 Å². The zero-order chi connectivity index (χ0) is 17.0. The summed E-state index contributed by atoms with van der Waals surface area (Å²) in [7, 11) is 3.85. The van der Waals surface area contributed by atoms with Gasteiger partial charge in [-0.05, 0) is 37.5 Å². The van der Waals surface area contributed by atoms with Crippen molar-refractivity contribution in [1.82, 2.24) is 4.90 Å². The smallest absolute Gasteiger partial charge is 0.256 e. The number of carbonyl (C=O) groups excluding carboxylic acids is 2. The van der Waals surface area contributed by atoms with E-state index < -0.39 is 0 Å². The molecule has 0 radical (unpaired) electrons. The van der Waals surface area contributed by atoms with Crippen LogP contribution in [0, 0.1) is 5.92 Å². The minimum atomic E-state index is -0.0928. The summed E-state index contributed by atoms with van der Waals surface area (Å²) in [5.74, 6) is -0.0854. The van der Waals surface area contributed by atoms with Crippen LogP contribution in [0.4, 0.5) is 11.4 Å². The van der Waals surface area contributed by atoms with E-state index in [1.54, 1.807) is 6.07 Å². The predicted octanol–water partition coefficient (Wildman–Crippen LogP) is 2.97. The molecular formula is C18H27N3O2. The minimum Gasteiger partial charge on any atom is -0.377 e. The van der Waals surface area contributed by atoms with Gasteiger partial charge in [-0.1, -0.05) is 13.8 Å². The third-order valence-electron chi connectivity index (χ3n) is 4.14. The van der Waals surface area contributed by atoms with Crippen molar-refractivity contribution in [3.05, 3.63) is 23.8 Å². The van der Waals surface area contributed by atoms with Crippen molar-refractivity contribution in [2.45, 2.75) is 33.1 Å². The summed E-state index contributed by atoms with van der Waals surface area (Å²) in [6.07, 6.45) is 3.31. The number of benzene rings is 1. The molecule has 1 N–H and O–H groups in total. The molecule has 2 rings (SSSR count). The highest BCUT2D eigenvalue weighted by atomic mass is 16.2. The topological polar surface area (TPSA) is 52.7 Å². The van der Waals surface area contributed by atoms with Gasteiger partial charge in [0.25, 0.3) is 5.91 Å². The molecule has 0 unspecified atom stereocenters. The molecule has 1 aromatic carbocycles. The molecule has 1 aromatic rings. The number of piperidine rings is 1. The van der Waals surface area contributed by atoms with Gasteiger partial charge in [0.1, 0.15) is 0 Å². The molecule has 5 heteroatoms. The molecule has 126 valence electrons. The van der Waals surface area contributed by atoms with Crippen LogP contribution in [-0.2, 0) is 4.79 Å². The van der Waals surface area contributed by atoms with E-state index in [2.05, 4.69) is 5.32 Å². The second kappa shape index (κ2) is 7.49. The second-order valence-corrected chi connectivity index (χ2v) is 6.62. The van der Waals surface area contributed by atoms with Crippen molar-refractivity contribution >= 4 is 23.2 Å². The summed E-state index contributed by atoms with van der Waals surface area (Å²) in [5, 5.41) is 2.88. The first-order chi connectivity index (χ1) is 10.9. The van der Waals surface area contributed by atoms with Crippen molar-refractivity contribution in [3.8, 4) is 0 Å². The Hall–Kier alpha value is -2.04. The molecule has 0 bridgehead atoms. The normalized spacial score (nSPS) is 14.7. The fourth-order valence-corrected chi connectivity index (χ4v) is 2.73. The number of likely N-dealkylation sites (tertiary alicyclic amines) is 1. The van der Waals surface area contributed by atoms with Gasteiger partial charge in [-0.15, -0.1) is 0 Å². The van der Waals surface area contributed by atoms with Gasteiger partial charge in [-0.25, -0.2) is 0 Å². The molecule has 0 saturated carbocycles. The quantitative estimate of drug-likeness (QED) is 0.929. The fourth-order valence-electron chi connectivity index (χ4n) is 2.73. The highest BCUT2D eigenvalue weighted by Crippen LogP contribution is 2.26. The first-order valence-electron chi connectivity index (χ1n) is 8.31. The van der Waals surface area contributed by atoms with Gasteiger partial charge in [-0.2, -0.15) is 0 Å². The van der Waals surface area contributed by atoms with E-state index in [0.29, 0.717) is 11.3 Å². The third-order valence-corrected chi connectivity index (χ3v) is 4.14. The van der Waals surface area contributed by atoms with Crippen LogP contribution in [0.5, 0.6) is 0 Å². The summed E-state index contributed by atoms with van der Waals surface area (Å²) in [4.78, 5) is 28.6. The zero-order valence-electron chi connectivity index (χ0n) is 14.6. The van der Waals surface area contributed by atoms with Crippen molar-refractivity contribution in [3.63, 3.8) is 0 Å². The lowest BCUT2D eigenvalue weighted by atomic mass is 10.1. The van der Waals surface area contributed by atoms with Crippen molar-refractivity contribution in [2.24, 2.45) is 5.92 Å². The maximum Gasteiger partial charge on any atom is 0.256 e. The average molecular weight is 317 g/mol. The number of amides is 2. The number of hydrogen-bond donors (Lipinski definition) is 1. The van der Waals surface area contributed by atoms with Crippen LogP contribution in [0.15, 0.2) is 18.2 Å². The van der Waals surface area contributed by atoms with Gasteiger partial charge in [0.2, 0.25) is 5.91 Å². The minimum absolute atomic E-state index is 0.0426. The standard InChI is InChI=1S/C18H27N3O2/c1-13(2)17(22)19-14-8-9-16(20(3)4)15(12-14)18(23)21-10-6-5-7-11-21/h8-9,12-13H,5-7,10-11H2,1-4H3,(H,19,22). The Morgan fingerprint density at radius 3 is 2.35 bits per heavy atom. The molecule has 0 atom stereocenters. The average Bonchev–Trinajstić information content (AvgIpc) is 2.54. The Labute approximate surface area is 138 Å². The summed E-state index contributed by atoms with van der Waals surface area (Å²) in [5.41, 5.74) is 2.20. The van der Waals surface area contributed by atoms with Crippen molar-refractivity contribution < 1.29 is 9.59 Å². The molecule has 0 spiro atoms. The van der Waals surface area contributed by atoms with Crippen molar-refractivity contribution in [1.29, 1.82) is 0 Å². The fraction of sp³-hybridized carbons (Fsp3) is 0.556. The lowest BCUT2D eigenvalue weighted by molar-refractivity contribution is -0.118. The molecule has 1 saturated heterocycles. The Morgan fingerprint density at radius 2 is 1.78 bits per heavy atom. The van der Waals surface area contributed by atoms with E-state index in [4.69, 9.17) is 0 Å². The van der Waals surface area contributed by atoms with Crippen LogP contribution in [0.25, 0.3) is 0 Å². The Balaban J connectivity index is 2.30. The molecule has 1 heterocycles. The number of nitrogens with zero attached hydrogens (tertiary/aromatic N) is 2. The van der Waals surface area contributed by atoms with Crippen molar-refractivity contribution in [2.75, 3.05) is 37.4 Å². The van der Waals surface area contributed by atoms with E-state index in [1.807, 2.05) is 49.9 Å². The number of anilines is 2. The predicted molar refractivity (Wildman–Crippen MR) is 94.0 cm³/mol. The summed E-state index contributed by atoms with van der Waals surface area (Å²) < 4.78 is 0. The number of rotatable bonds is 4. The van der Waals surface area contributed by atoms with E-state index >= 15 is 0 Å². The van der Waals surface area contributed by atoms with Gasteiger partial charge in [0.15, 0.2) is 0 Å². The first-order valence-corrected chi connectivity index (χ1v) is 8.31. The van der Waals surface area contributed by atoms with Crippen LogP contribution in [0.2, 0.25) is 0 Å². The summed E-state index contributed by atoms with van der Waals surface area (Å²) in [6.45, 7) is 5.33. The zero-order valence-corrected chi connectivity index (χ0v) is 14.6. The van der Waals surface area contributed by atoms with Gasteiger partial charge in [0, 0.05) is 44.5 Å². The number of nitrogens with one attached hydrogen (secondary N) is 1. The molecule has 0 aromatic heterocycles. The van der Waals surface area contributed by atoms with E-state index in [0.717, 1.165) is 31.6 Å². The highest BCUT2D eigenvalue weighted by molar-refractivity contribution is 6.02. The molecule has 0 aliphatic carbocycles. The monoisotopic (exact) mass is 317 g/mol. The Kier molecular flexibility index (Phi) is 5.64. The van der Waals surface area contributed by atoms with Gasteiger partial charge in [0.05, 0.1) is 5.56 Å². The lowest BCUT2D eigenvalue weighted by Gasteiger charge is -2.28. The molecule has 5 nitrogen and oxygen atoms in total. The van der Waals surface area contributed by atoms with Crippen LogP contribution in [0.3, 0.4) is 0 Å². The maximum absolute atomic E-state index is 12.9. The molecule has 1 aliphatic rings. The first kappa shape index (κ1) is 17.3. The van der Waals surface area contributed by atoms with Crippen LogP contribution in [-0.4, -0.2) is 43.9 Å². The second-order valence-electron chi connectivity index (χ2n) is 6.62. The third kappa shape index (κ3) is 4.24. The number of carbonyl (C=O) groups is 2. The summed E-state index contributed by atoms with van der Waals surface area (Å²) >= 11 is 0. The van der Waals surface area contributed by atoms with Gasteiger partial charge in [-0.3, -0.25) is 9.59 Å². The SMILES string of the molecule is CC(C)C(=O)Nc1ccc(N(C)C)c(C(=O)N2CCCCC2)c1. The van der Waals surface area contributed by atoms with Crippen LogP contribution in [0.1, 0.15) is 43.5 Å². The largest absolute Gasteiger partial charge is 0.377 e. The van der Waals surface area contributed by atoms with Crippen LogP contribution >= 0.6 is 0 Å². The van der Waals surface area contributed by atoms with E-state index in [1.165, 1.54) is 6.42 Å². The molecule has 2 amide bonds. The Bertz CT molecular complexity index is 576. The lowest BCUT2D eigenvalue weighted by Crippen LogP contribution is -2.36. The highest BCUT2D eigenvalue weighted by Gasteiger charge is 2.22. The number of hydrogen-bond acceptors (Lipinski definition) is 3. The summed E-state index contributed by atoms with van der Waals surface area (Å²) in [6, 6.07) is 5.54. The molecular weight excluding hydrogens is 290 g/mol. The molecule has 1 aliphatic heterocycles. The molecule has 1 fully saturated rings. The van der Waals surface area contributed by atoms with Crippen LogP contribution < -0.4 is 10.2 Å². The maximum atomic E-state index is 12.9.